The number of carbonyl (C=O) groups excluding carboxylic acids is 1. The Balaban J connectivity index is 1.03. The molecule has 7 rings (SSSR count). The number of fused-ring (bicyclic) bond motifs is 1. The number of ether oxygens (including phenoxy) is 1. The predicted molar refractivity (Wildman–Crippen MR) is 145 cm³/mol. The minimum Gasteiger partial charge on any atom is -0.496 e. The second-order valence-corrected chi connectivity index (χ2v) is 12.3. The highest BCUT2D eigenvalue weighted by Gasteiger charge is 2.62. The van der Waals surface area contributed by atoms with E-state index in [0.717, 1.165) is 75.4 Å². The van der Waals surface area contributed by atoms with E-state index in [1.807, 2.05) is 9.58 Å². The number of nitrogens with zero attached hydrogens (tertiary/aromatic N) is 6. The van der Waals surface area contributed by atoms with Crippen LogP contribution in [0.2, 0.25) is 0 Å². The third kappa shape index (κ3) is 4.27. The number of anilines is 2. The Hall–Kier alpha value is -3.47. The number of nitrogens with one attached hydrogen (secondary N) is 1. The minimum atomic E-state index is -0.609. The van der Waals surface area contributed by atoms with E-state index in [1.54, 1.807) is 20.2 Å². The third-order valence-electron chi connectivity index (χ3n) is 9.24. The lowest BCUT2D eigenvalue weighted by Crippen LogP contribution is -2.72. The fourth-order valence-electron chi connectivity index (χ4n) is 7.09. The summed E-state index contributed by atoms with van der Waals surface area (Å²) in [4.78, 5) is 24.7. The molecule has 3 aromatic rings. The lowest BCUT2D eigenvalue weighted by molar-refractivity contribution is -0.157. The van der Waals surface area contributed by atoms with Gasteiger partial charge in [0, 0.05) is 62.6 Å². The minimum absolute atomic E-state index is 0.0260. The molecule has 0 radical (unpaired) electrons. The lowest BCUT2D eigenvalue weighted by Gasteiger charge is -2.60. The van der Waals surface area contributed by atoms with E-state index in [9.17, 15) is 9.18 Å². The topological polar surface area (TPSA) is 114 Å². The zero-order chi connectivity index (χ0) is 26.9. The molecule has 4 fully saturated rings. The number of likely N-dealkylation sites (tertiary alicyclic amines) is 2. The molecule has 1 unspecified atom stereocenters. The highest BCUT2D eigenvalue weighted by atomic mass is 19.1. The van der Waals surface area contributed by atoms with Gasteiger partial charge in [0.2, 0.25) is 11.9 Å². The quantitative estimate of drug-likeness (QED) is 0.454. The monoisotopic (exact) mass is 534 g/mol. The van der Waals surface area contributed by atoms with Gasteiger partial charge in [-0.15, -0.1) is 0 Å². The SMILES string of the molecule is COc1cc(CN2CC3(C2)CN(C(C)=O)C3)ccc1Cn1ncc2nc(N)nc(NCC3CC4(C3)CC4F)c21. The average molecular weight is 535 g/mol. The smallest absolute Gasteiger partial charge is 0.222 e. The molecule has 2 aromatic heterocycles. The van der Waals surface area contributed by atoms with Crippen LogP contribution in [0.3, 0.4) is 0 Å². The molecule has 4 heterocycles. The maximum absolute atomic E-state index is 13.6. The van der Waals surface area contributed by atoms with Crippen molar-refractivity contribution in [1.82, 2.24) is 29.5 Å². The van der Waals surface area contributed by atoms with Gasteiger partial charge >= 0.3 is 0 Å². The van der Waals surface area contributed by atoms with Crippen LogP contribution in [0.1, 0.15) is 37.3 Å². The second kappa shape index (κ2) is 8.77. The van der Waals surface area contributed by atoms with E-state index < -0.39 is 6.17 Å². The van der Waals surface area contributed by atoms with Crippen LogP contribution in [0, 0.1) is 16.7 Å². The van der Waals surface area contributed by atoms with Gasteiger partial charge in [0.25, 0.3) is 0 Å². The Labute approximate surface area is 226 Å². The summed E-state index contributed by atoms with van der Waals surface area (Å²) in [5.74, 6) is 2.29. The van der Waals surface area contributed by atoms with Crippen LogP contribution < -0.4 is 15.8 Å². The molecule has 2 saturated heterocycles. The summed E-state index contributed by atoms with van der Waals surface area (Å²) in [5, 5.41) is 8.04. The van der Waals surface area contributed by atoms with Crippen LogP contribution in [0.15, 0.2) is 24.4 Å². The van der Waals surface area contributed by atoms with Gasteiger partial charge in [-0.05, 0) is 36.8 Å². The highest BCUT2D eigenvalue weighted by molar-refractivity contribution is 5.86. The van der Waals surface area contributed by atoms with E-state index in [0.29, 0.717) is 29.2 Å². The first-order valence-electron chi connectivity index (χ1n) is 13.8. The number of nitrogen functional groups attached to an aromatic ring is 1. The van der Waals surface area contributed by atoms with E-state index in [2.05, 4.69) is 43.5 Å². The van der Waals surface area contributed by atoms with Gasteiger partial charge in [-0.2, -0.15) is 10.1 Å². The number of hydrogen-bond acceptors (Lipinski definition) is 8. The molecule has 11 heteroatoms. The van der Waals surface area contributed by atoms with Gasteiger partial charge in [0.05, 0.1) is 19.9 Å². The predicted octanol–water partition coefficient (Wildman–Crippen LogP) is 2.68. The number of carbonyl (C=O) groups is 1. The third-order valence-corrected chi connectivity index (χ3v) is 9.24. The molecule has 2 saturated carbocycles. The van der Waals surface area contributed by atoms with Crippen molar-refractivity contribution in [1.29, 1.82) is 0 Å². The molecule has 2 spiro atoms. The fraction of sp³-hybridized carbons (Fsp3) is 0.571. The number of alkyl halides is 1. The maximum Gasteiger partial charge on any atom is 0.222 e. The molecule has 10 nitrogen and oxygen atoms in total. The first-order valence-corrected chi connectivity index (χ1v) is 13.8. The van der Waals surface area contributed by atoms with Gasteiger partial charge in [0.15, 0.2) is 5.82 Å². The molecule has 39 heavy (non-hydrogen) atoms. The highest BCUT2D eigenvalue weighted by Crippen LogP contribution is 2.64. The van der Waals surface area contributed by atoms with Crippen molar-refractivity contribution in [3.8, 4) is 5.75 Å². The van der Waals surface area contributed by atoms with Crippen molar-refractivity contribution in [3.05, 3.63) is 35.5 Å². The number of nitrogens with two attached hydrogens (primary N) is 1. The molecule has 1 atom stereocenters. The zero-order valence-electron chi connectivity index (χ0n) is 22.5. The van der Waals surface area contributed by atoms with Crippen LogP contribution in [-0.2, 0) is 17.9 Å². The standard InChI is InChI=1S/C28H35FN8O2/c1-17(38)36-15-27(16-36)13-35(14-27)11-18-3-4-20(22(5-18)39-2)12-37-24-21(10-32-37)33-26(30)34-25(24)31-9-19-6-28(7-19)8-23(28)29/h3-5,10,19,23H,6-9,11-16H2,1-2H3,(H3,30,31,33,34). The van der Waals surface area contributed by atoms with Crippen LogP contribution in [0.4, 0.5) is 16.2 Å². The largest absolute Gasteiger partial charge is 0.496 e. The van der Waals surface area contributed by atoms with Gasteiger partial charge in [-0.25, -0.2) is 9.37 Å². The number of hydrogen-bond donors (Lipinski definition) is 2. The van der Waals surface area contributed by atoms with Crippen molar-refractivity contribution in [2.45, 2.75) is 45.4 Å². The second-order valence-electron chi connectivity index (χ2n) is 12.3. The average Bonchev–Trinajstić information content (AvgIpc) is 3.34. The van der Waals surface area contributed by atoms with Crippen LogP contribution in [0.5, 0.6) is 5.75 Å². The van der Waals surface area contributed by atoms with Gasteiger partial charge in [-0.1, -0.05) is 12.1 Å². The molecular weight excluding hydrogens is 499 g/mol. The lowest BCUT2D eigenvalue weighted by atomic mass is 9.71. The number of amides is 1. The van der Waals surface area contributed by atoms with Crippen LogP contribution in [-0.4, -0.2) is 81.5 Å². The Morgan fingerprint density at radius 3 is 2.64 bits per heavy atom. The van der Waals surface area contributed by atoms with E-state index >= 15 is 0 Å². The Bertz CT molecular complexity index is 1440. The number of rotatable bonds is 8. The summed E-state index contributed by atoms with van der Waals surface area (Å²) in [7, 11) is 1.69. The van der Waals surface area contributed by atoms with Crippen LogP contribution >= 0.6 is 0 Å². The maximum atomic E-state index is 13.6. The molecular formula is C28H35FN8O2. The van der Waals surface area contributed by atoms with Crippen molar-refractivity contribution in [2.24, 2.45) is 16.7 Å². The van der Waals surface area contributed by atoms with E-state index in [4.69, 9.17) is 10.5 Å². The molecule has 1 amide bonds. The zero-order valence-corrected chi connectivity index (χ0v) is 22.5. The van der Waals surface area contributed by atoms with E-state index in [1.165, 1.54) is 5.56 Å². The number of halogens is 1. The molecule has 3 N–H and O–H groups in total. The summed E-state index contributed by atoms with van der Waals surface area (Å²) in [5.41, 5.74) is 9.94. The fourth-order valence-corrected chi connectivity index (χ4v) is 7.09. The summed E-state index contributed by atoms with van der Waals surface area (Å²) >= 11 is 0. The van der Waals surface area contributed by atoms with E-state index in [-0.39, 0.29) is 17.3 Å². The summed E-state index contributed by atoms with van der Waals surface area (Å²) in [6.45, 7) is 7.53. The molecule has 0 bridgehead atoms. The van der Waals surface area contributed by atoms with Crippen molar-refractivity contribution >= 4 is 28.7 Å². The van der Waals surface area contributed by atoms with Crippen molar-refractivity contribution < 1.29 is 13.9 Å². The summed E-state index contributed by atoms with van der Waals surface area (Å²) in [6, 6.07) is 6.35. The number of methoxy groups -OCH3 is 1. The summed E-state index contributed by atoms with van der Waals surface area (Å²) < 4.78 is 21.2. The Morgan fingerprint density at radius 2 is 1.95 bits per heavy atom. The molecule has 2 aliphatic carbocycles. The van der Waals surface area contributed by atoms with Crippen molar-refractivity contribution in [2.75, 3.05) is 50.9 Å². The van der Waals surface area contributed by atoms with Gasteiger partial charge < -0.3 is 20.7 Å². The van der Waals surface area contributed by atoms with Crippen molar-refractivity contribution in [3.63, 3.8) is 0 Å². The molecule has 1 aromatic carbocycles. The first kappa shape index (κ1) is 24.6. The Kier molecular flexibility index (Phi) is 5.52. The molecule has 2 aliphatic heterocycles. The number of benzene rings is 1. The molecule has 206 valence electrons. The first-order chi connectivity index (χ1) is 18.7. The molecule has 4 aliphatic rings. The normalized spacial score (nSPS) is 26.8. The summed E-state index contributed by atoms with van der Waals surface area (Å²) in [6.07, 6.45) is 3.69. The number of aromatic nitrogens is 4. The Morgan fingerprint density at radius 1 is 1.18 bits per heavy atom. The van der Waals surface area contributed by atoms with Gasteiger partial charge in [-0.3, -0.25) is 14.4 Å². The van der Waals surface area contributed by atoms with Crippen LogP contribution in [0.25, 0.3) is 11.0 Å². The van der Waals surface area contributed by atoms with Gasteiger partial charge in [0.1, 0.15) is 23.0 Å².